The second kappa shape index (κ2) is 7.79. The summed E-state index contributed by atoms with van der Waals surface area (Å²) >= 11 is 0. The number of hydrogen-bond acceptors (Lipinski definition) is 4. The fraction of sp³-hybridized carbons (Fsp3) is 0.579. The van der Waals surface area contributed by atoms with Gasteiger partial charge >= 0.3 is 5.97 Å². The molecule has 1 fully saturated rings. The quantitative estimate of drug-likeness (QED) is 0.777. The minimum absolute atomic E-state index is 0.0404. The van der Waals surface area contributed by atoms with E-state index in [0.29, 0.717) is 26.1 Å². The van der Waals surface area contributed by atoms with Gasteiger partial charge in [-0.15, -0.1) is 0 Å². The average Bonchev–Trinajstić information content (AvgIpc) is 3.04. The monoisotopic (exact) mass is 330 g/mol. The smallest absolute Gasteiger partial charge is 0.310 e. The van der Waals surface area contributed by atoms with E-state index in [4.69, 9.17) is 4.74 Å². The van der Waals surface area contributed by atoms with Crippen LogP contribution in [0.5, 0.6) is 0 Å². The highest BCUT2D eigenvalue weighted by Gasteiger charge is 2.28. The van der Waals surface area contributed by atoms with Crippen LogP contribution in [0.2, 0.25) is 0 Å². The summed E-state index contributed by atoms with van der Waals surface area (Å²) in [7, 11) is 0. The van der Waals surface area contributed by atoms with Crippen LogP contribution < -0.4 is 4.90 Å². The van der Waals surface area contributed by atoms with Crippen molar-refractivity contribution >= 4 is 17.6 Å². The third-order valence-electron chi connectivity index (χ3n) is 4.96. The van der Waals surface area contributed by atoms with Gasteiger partial charge in [0, 0.05) is 31.7 Å². The molecule has 0 spiro atoms. The Morgan fingerprint density at radius 2 is 2.08 bits per heavy atom. The third kappa shape index (κ3) is 3.78. The first kappa shape index (κ1) is 17.0. The Bertz CT molecular complexity index is 602. The molecule has 1 aromatic carbocycles. The number of carbonyl (C=O) groups is 2. The van der Waals surface area contributed by atoms with Gasteiger partial charge < -0.3 is 14.5 Å². The predicted octanol–water partition coefficient (Wildman–Crippen LogP) is 2.24. The Labute approximate surface area is 143 Å². The van der Waals surface area contributed by atoms with Crippen LogP contribution in [-0.2, 0) is 20.7 Å². The molecule has 5 nitrogen and oxygen atoms in total. The van der Waals surface area contributed by atoms with E-state index in [0.717, 1.165) is 38.0 Å². The lowest BCUT2D eigenvalue weighted by Crippen LogP contribution is -2.41. The summed E-state index contributed by atoms with van der Waals surface area (Å²) < 4.78 is 5.13. The van der Waals surface area contributed by atoms with E-state index in [9.17, 15) is 9.59 Å². The first-order chi connectivity index (χ1) is 11.7. The number of amides is 1. The van der Waals surface area contributed by atoms with Crippen LogP contribution in [0, 0.1) is 5.92 Å². The Balaban J connectivity index is 1.51. The number of hydrogen-bond donors (Lipinski definition) is 0. The van der Waals surface area contributed by atoms with Gasteiger partial charge in [-0.2, -0.15) is 0 Å². The normalized spacial score (nSPS) is 20.7. The fourth-order valence-corrected chi connectivity index (χ4v) is 3.70. The van der Waals surface area contributed by atoms with Crippen molar-refractivity contribution in [3.8, 4) is 0 Å². The lowest BCUT2D eigenvalue weighted by atomic mass is 9.98. The van der Waals surface area contributed by atoms with Gasteiger partial charge in [-0.25, -0.2) is 0 Å². The van der Waals surface area contributed by atoms with Crippen molar-refractivity contribution in [1.29, 1.82) is 0 Å². The van der Waals surface area contributed by atoms with E-state index in [2.05, 4.69) is 11.0 Å². The molecule has 130 valence electrons. The highest BCUT2D eigenvalue weighted by molar-refractivity contribution is 5.95. The number of anilines is 1. The first-order valence-electron chi connectivity index (χ1n) is 8.96. The maximum atomic E-state index is 12.6. The maximum Gasteiger partial charge on any atom is 0.310 e. The zero-order chi connectivity index (χ0) is 16.9. The van der Waals surface area contributed by atoms with Gasteiger partial charge in [0.2, 0.25) is 5.91 Å². The highest BCUT2D eigenvalue weighted by Crippen LogP contribution is 2.28. The van der Waals surface area contributed by atoms with Crippen LogP contribution in [-0.4, -0.2) is 49.6 Å². The summed E-state index contributed by atoms with van der Waals surface area (Å²) in [5, 5.41) is 0. The summed E-state index contributed by atoms with van der Waals surface area (Å²) in [6, 6.07) is 8.13. The summed E-state index contributed by atoms with van der Waals surface area (Å²) in [4.78, 5) is 28.6. The molecule has 1 saturated heterocycles. The average molecular weight is 330 g/mol. The molecule has 0 saturated carbocycles. The molecule has 0 radical (unpaired) electrons. The Morgan fingerprint density at radius 3 is 2.92 bits per heavy atom. The van der Waals surface area contributed by atoms with Gasteiger partial charge in [0.25, 0.3) is 0 Å². The number of likely N-dealkylation sites (tertiary alicyclic amines) is 1. The zero-order valence-electron chi connectivity index (χ0n) is 14.4. The van der Waals surface area contributed by atoms with Crippen molar-refractivity contribution < 1.29 is 14.3 Å². The molecule has 0 aliphatic carbocycles. The number of carbonyl (C=O) groups excluding carboxylic acids is 2. The van der Waals surface area contributed by atoms with Crippen LogP contribution in [0.25, 0.3) is 0 Å². The Morgan fingerprint density at radius 1 is 1.25 bits per heavy atom. The zero-order valence-corrected chi connectivity index (χ0v) is 14.4. The molecule has 1 amide bonds. The van der Waals surface area contributed by atoms with E-state index in [1.807, 2.05) is 30.0 Å². The largest absolute Gasteiger partial charge is 0.466 e. The molecule has 1 unspecified atom stereocenters. The molecule has 1 atom stereocenters. The van der Waals surface area contributed by atoms with Crippen LogP contribution >= 0.6 is 0 Å². The number of fused-ring (bicyclic) bond motifs is 1. The highest BCUT2D eigenvalue weighted by atomic mass is 16.5. The SMILES string of the molecule is CCOC(=O)C1CCCN(CCC(=O)N2CCc3ccccc32)C1. The topological polar surface area (TPSA) is 49.9 Å². The summed E-state index contributed by atoms with van der Waals surface area (Å²) in [5.41, 5.74) is 2.32. The van der Waals surface area contributed by atoms with Crippen LogP contribution in [0.4, 0.5) is 5.69 Å². The number of para-hydroxylation sites is 1. The maximum absolute atomic E-state index is 12.6. The van der Waals surface area contributed by atoms with Gasteiger partial charge in [-0.05, 0) is 44.4 Å². The van der Waals surface area contributed by atoms with E-state index < -0.39 is 0 Å². The second-order valence-electron chi connectivity index (χ2n) is 6.57. The van der Waals surface area contributed by atoms with Crippen molar-refractivity contribution in [2.24, 2.45) is 5.92 Å². The van der Waals surface area contributed by atoms with Crippen LogP contribution in [0.3, 0.4) is 0 Å². The summed E-state index contributed by atoms with van der Waals surface area (Å²) in [6.07, 6.45) is 3.33. The number of benzene rings is 1. The van der Waals surface area contributed by atoms with Gasteiger partial charge in [0.15, 0.2) is 0 Å². The van der Waals surface area contributed by atoms with Crippen LogP contribution in [0.15, 0.2) is 24.3 Å². The summed E-state index contributed by atoms with van der Waals surface area (Å²) in [5.74, 6) is 0.0431. The molecule has 0 N–H and O–H groups in total. The standard InChI is InChI=1S/C19H26N2O3/c1-2-24-19(23)16-7-5-11-20(14-16)12-10-18(22)21-13-9-15-6-3-4-8-17(15)21/h3-4,6,8,16H,2,5,7,9-14H2,1H3. The third-order valence-corrected chi connectivity index (χ3v) is 4.96. The van der Waals surface area contributed by atoms with Crippen molar-refractivity contribution in [3.05, 3.63) is 29.8 Å². The molecule has 2 aliphatic heterocycles. The molecule has 5 heteroatoms. The molecular formula is C19H26N2O3. The minimum Gasteiger partial charge on any atom is -0.466 e. The van der Waals surface area contributed by atoms with Crippen molar-refractivity contribution in [1.82, 2.24) is 4.90 Å². The second-order valence-corrected chi connectivity index (χ2v) is 6.57. The van der Waals surface area contributed by atoms with Gasteiger partial charge in [-0.1, -0.05) is 18.2 Å². The lowest BCUT2D eigenvalue weighted by molar-refractivity contribution is -0.149. The molecule has 1 aromatic rings. The number of ether oxygens (including phenoxy) is 1. The van der Waals surface area contributed by atoms with Gasteiger partial charge in [0.05, 0.1) is 12.5 Å². The number of piperidine rings is 1. The van der Waals surface area contributed by atoms with E-state index >= 15 is 0 Å². The number of esters is 1. The molecule has 24 heavy (non-hydrogen) atoms. The van der Waals surface area contributed by atoms with E-state index in [-0.39, 0.29) is 17.8 Å². The van der Waals surface area contributed by atoms with E-state index in [1.165, 1.54) is 5.56 Å². The van der Waals surface area contributed by atoms with E-state index in [1.54, 1.807) is 0 Å². The van der Waals surface area contributed by atoms with Gasteiger partial charge in [-0.3, -0.25) is 9.59 Å². The predicted molar refractivity (Wildman–Crippen MR) is 92.9 cm³/mol. The molecular weight excluding hydrogens is 304 g/mol. The Hall–Kier alpha value is -1.88. The van der Waals surface area contributed by atoms with Crippen molar-refractivity contribution in [2.75, 3.05) is 37.7 Å². The molecule has 2 heterocycles. The Kier molecular flexibility index (Phi) is 5.51. The number of rotatable bonds is 5. The fourth-order valence-electron chi connectivity index (χ4n) is 3.70. The minimum atomic E-state index is -0.0954. The molecule has 0 bridgehead atoms. The summed E-state index contributed by atoms with van der Waals surface area (Å²) in [6.45, 7) is 5.44. The molecule has 3 rings (SSSR count). The lowest BCUT2D eigenvalue weighted by Gasteiger charge is -2.31. The molecule has 2 aliphatic rings. The van der Waals surface area contributed by atoms with Crippen LogP contribution in [0.1, 0.15) is 31.7 Å². The van der Waals surface area contributed by atoms with Gasteiger partial charge in [0.1, 0.15) is 0 Å². The number of nitrogens with zero attached hydrogens (tertiary/aromatic N) is 2. The van der Waals surface area contributed by atoms with Crippen molar-refractivity contribution in [2.45, 2.75) is 32.6 Å². The van der Waals surface area contributed by atoms with Crippen molar-refractivity contribution in [3.63, 3.8) is 0 Å². The molecule has 0 aromatic heterocycles. The first-order valence-corrected chi connectivity index (χ1v) is 8.96.